The number of piperidine rings is 1. The Hall–Kier alpha value is -0.380. The summed E-state index contributed by atoms with van der Waals surface area (Å²) in [5, 5.41) is 3.84. The van der Waals surface area contributed by atoms with Crippen LogP contribution < -0.4 is 5.32 Å². The van der Waals surface area contributed by atoms with Crippen LogP contribution in [0.25, 0.3) is 0 Å². The van der Waals surface area contributed by atoms with E-state index < -0.39 is 0 Å². The smallest absolute Gasteiger partial charge is 0.0305 e. The van der Waals surface area contributed by atoms with Crippen molar-refractivity contribution in [3.63, 3.8) is 0 Å². The van der Waals surface area contributed by atoms with Crippen molar-refractivity contribution in [3.05, 3.63) is 21.4 Å². The van der Waals surface area contributed by atoms with E-state index >= 15 is 0 Å². The summed E-state index contributed by atoms with van der Waals surface area (Å²) in [6.07, 6.45) is 2.73. The Morgan fingerprint density at radius 1 is 1.40 bits per heavy atom. The fourth-order valence-corrected chi connectivity index (χ4v) is 4.51. The Morgan fingerprint density at radius 3 is 2.75 bits per heavy atom. The van der Waals surface area contributed by atoms with Crippen molar-refractivity contribution >= 4 is 11.3 Å². The predicted octanol–water partition coefficient (Wildman–Crippen LogP) is 4.14. The van der Waals surface area contributed by atoms with Crippen molar-refractivity contribution in [1.29, 1.82) is 0 Å². The third kappa shape index (κ3) is 3.84. The predicted molar refractivity (Wildman–Crippen MR) is 89.6 cm³/mol. The largest absolute Gasteiger partial charge is 0.307 e. The van der Waals surface area contributed by atoms with Gasteiger partial charge >= 0.3 is 0 Å². The molecule has 1 aromatic rings. The zero-order valence-electron chi connectivity index (χ0n) is 13.7. The topological polar surface area (TPSA) is 15.3 Å². The van der Waals surface area contributed by atoms with Gasteiger partial charge in [-0.25, -0.2) is 0 Å². The third-order valence-corrected chi connectivity index (χ3v) is 5.74. The molecule has 0 amide bonds. The molecule has 0 spiro atoms. The van der Waals surface area contributed by atoms with Crippen molar-refractivity contribution in [3.8, 4) is 0 Å². The standard InChI is InChI=1S/C17H30N2S/c1-6-19-9-7-8-16(11-19)13(3)18-14(4)17-10-12(2)20-15(17)5/h10,13-14,16,18H,6-9,11H2,1-5H3. The molecule has 20 heavy (non-hydrogen) atoms. The highest BCUT2D eigenvalue weighted by molar-refractivity contribution is 7.12. The number of hydrogen-bond donors (Lipinski definition) is 1. The molecule has 2 nitrogen and oxygen atoms in total. The normalized spacial score (nSPS) is 23.8. The minimum atomic E-state index is 0.465. The van der Waals surface area contributed by atoms with Gasteiger partial charge in [0, 0.05) is 28.4 Å². The van der Waals surface area contributed by atoms with Crippen LogP contribution in [0.2, 0.25) is 0 Å². The van der Waals surface area contributed by atoms with Crippen LogP contribution in [0.1, 0.15) is 55.0 Å². The number of thiophene rings is 1. The van der Waals surface area contributed by atoms with Crippen molar-refractivity contribution in [1.82, 2.24) is 10.2 Å². The average molecular weight is 295 g/mol. The fourth-order valence-electron chi connectivity index (χ4n) is 3.49. The van der Waals surface area contributed by atoms with Gasteiger partial charge in [-0.2, -0.15) is 0 Å². The highest BCUT2D eigenvalue weighted by atomic mass is 32.1. The number of likely N-dealkylation sites (tertiary alicyclic amines) is 1. The van der Waals surface area contributed by atoms with Gasteiger partial charge in [-0.05, 0) is 71.2 Å². The van der Waals surface area contributed by atoms with Crippen molar-refractivity contribution in [2.24, 2.45) is 5.92 Å². The monoisotopic (exact) mass is 294 g/mol. The molecular weight excluding hydrogens is 264 g/mol. The Balaban J connectivity index is 1.93. The van der Waals surface area contributed by atoms with E-state index in [0.29, 0.717) is 12.1 Å². The average Bonchev–Trinajstić information content (AvgIpc) is 2.77. The molecule has 1 aliphatic rings. The fraction of sp³-hybridized carbons (Fsp3) is 0.765. The summed E-state index contributed by atoms with van der Waals surface area (Å²) in [5.41, 5.74) is 1.49. The van der Waals surface area contributed by atoms with Gasteiger partial charge in [0.2, 0.25) is 0 Å². The van der Waals surface area contributed by atoms with E-state index in [4.69, 9.17) is 0 Å². The Morgan fingerprint density at radius 2 is 2.15 bits per heavy atom. The first-order valence-corrected chi connectivity index (χ1v) is 8.88. The second-order valence-corrected chi connectivity index (χ2v) is 7.80. The highest BCUT2D eigenvalue weighted by Gasteiger charge is 2.25. The van der Waals surface area contributed by atoms with E-state index in [1.807, 2.05) is 11.3 Å². The molecule has 3 unspecified atom stereocenters. The molecule has 3 heteroatoms. The summed E-state index contributed by atoms with van der Waals surface area (Å²) in [5.74, 6) is 0.797. The third-order valence-electron chi connectivity index (χ3n) is 4.76. The van der Waals surface area contributed by atoms with Crippen LogP contribution in [0.3, 0.4) is 0 Å². The molecule has 2 heterocycles. The lowest BCUT2D eigenvalue weighted by Crippen LogP contribution is -2.45. The second-order valence-electron chi connectivity index (χ2n) is 6.34. The maximum atomic E-state index is 3.84. The summed E-state index contributed by atoms with van der Waals surface area (Å²) >= 11 is 1.92. The molecule has 0 bridgehead atoms. The Bertz CT molecular complexity index is 427. The molecule has 1 fully saturated rings. The molecular formula is C17H30N2S. The summed E-state index contributed by atoms with van der Waals surface area (Å²) in [4.78, 5) is 5.49. The minimum Gasteiger partial charge on any atom is -0.307 e. The molecule has 1 aromatic heterocycles. The molecule has 1 saturated heterocycles. The minimum absolute atomic E-state index is 0.465. The van der Waals surface area contributed by atoms with E-state index in [-0.39, 0.29) is 0 Å². The van der Waals surface area contributed by atoms with Gasteiger partial charge in [-0.1, -0.05) is 6.92 Å². The van der Waals surface area contributed by atoms with E-state index in [1.165, 1.54) is 47.8 Å². The molecule has 1 aliphatic heterocycles. The first-order valence-electron chi connectivity index (χ1n) is 8.06. The molecule has 0 radical (unpaired) electrons. The molecule has 2 rings (SSSR count). The maximum absolute atomic E-state index is 3.84. The van der Waals surface area contributed by atoms with Crippen LogP contribution in [0, 0.1) is 19.8 Å². The maximum Gasteiger partial charge on any atom is 0.0305 e. The van der Waals surface area contributed by atoms with Crippen molar-refractivity contribution < 1.29 is 0 Å². The lowest BCUT2D eigenvalue weighted by molar-refractivity contribution is 0.153. The van der Waals surface area contributed by atoms with Crippen LogP contribution in [0.15, 0.2) is 6.07 Å². The first-order chi connectivity index (χ1) is 9.51. The van der Waals surface area contributed by atoms with Gasteiger partial charge in [0.05, 0.1) is 0 Å². The van der Waals surface area contributed by atoms with E-state index in [2.05, 4.69) is 50.9 Å². The summed E-state index contributed by atoms with van der Waals surface area (Å²) < 4.78 is 0. The highest BCUT2D eigenvalue weighted by Crippen LogP contribution is 2.28. The molecule has 0 aliphatic carbocycles. The zero-order valence-corrected chi connectivity index (χ0v) is 14.5. The number of aryl methyl sites for hydroxylation is 2. The summed E-state index contributed by atoms with van der Waals surface area (Å²) in [6.45, 7) is 15.2. The van der Waals surface area contributed by atoms with E-state index in [9.17, 15) is 0 Å². The Kier molecular flexibility index (Phi) is 5.65. The number of rotatable bonds is 5. The van der Waals surface area contributed by atoms with Crippen molar-refractivity contribution in [2.75, 3.05) is 19.6 Å². The Labute approximate surface area is 128 Å². The van der Waals surface area contributed by atoms with Crippen LogP contribution in [-0.4, -0.2) is 30.6 Å². The molecule has 1 N–H and O–H groups in total. The zero-order chi connectivity index (χ0) is 14.7. The quantitative estimate of drug-likeness (QED) is 0.878. The van der Waals surface area contributed by atoms with Gasteiger partial charge in [0.25, 0.3) is 0 Å². The SMILES string of the molecule is CCN1CCCC(C(C)NC(C)c2cc(C)sc2C)C1. The lowest BCUT2D eigenvalue weighted by atomic mass is 9.90. The van der Waals surface area contributed by atoms with Gasteiger partial charge < -0.3 is 10.2 Å². The van der Waals surface area contributed by atoms with Gasteiger partial charge in [0.1, 0.15) is 0 Å². The van der Waals surface area contributed by atoms with Crippen LogP contribution in [0.4, 0.5) is 0 Å². The number of nitrogens with zero attached hydrogens (tertiary/aromatic N) is 1. The van der Waals surface area contributed by atoms with Gasteiger partial charge in [-0.3, -0.25) is 0 Å². The molecule has 114 valence electrons. The van der Waals surface area contributed by atoms with Crippen molar-refractivity contribution in [2.45, 2.75) is 59.5 Å². The lowest BCUT2D eigenvalue weighted by Gasteiger charge is -2.36. The van der Waals surface area contributed by atoms with Crippen LogP contribution >= 0.6 is 11.3 Å². The van der Waals surface area contributed by atoms with Gasteiger partial charge in [-0.15, -0.1) is 11.3 Å². The van der Waals surface area contributed by atoms with Gasteiger partial charge in [0.15, 0.2) is 0 Å². The number of hydrogen-bond acceptors (Lipinski definition) is 3. The number of nitrogens with one attached hydrogen (secondary N) is 1. The van der Waals surface area contributed by atoms with E-state index in [0.717, 1.165) is 5.92 Å². The van der Waals surface area contributed by atoms with Crippen LogP contribution in [-0.2, 0) is 0 Å². The first kappa shape index (κ1) is 16.0. The molecule has 0 saturated carbocycles. The molecule has 0 aromatic carbocycles. The summed E-state index contributed by atoms with van der Waals surface area (Å²) in [6, 6.07) is 3.41. The summed E-state index contributed by atoms with van der Waals surface area (Å²) in [7, 11) is 0. The molecule has 3 atom stereocenters. The van der Waals surface area contributed by atoms with Crippen LogP contribution in [0.5, 0.6) is 0 Å². The second kappa shape index (κ2) is 7.06. The van der Waals surface area contributed by atoms with E-state index in [1.54, 1.807) is 0 Å².